The van der Waals surface area contributed by atoms with Crippen LogP contribution in [0.3, 0.4) is 0 Å². The molecule has 2 aromatic rings. The smallest absolute Gasteiger partial charge is 0.329 e. The predicted octanol–water partition coefficient (Wildman–Crippen LogP) is 1.54. The number of nitrogens with zero attached hydrogens (tertiary/aromatic N) is 1. The zero-order valence-corrected chi connectivity index (χ0v) is 14.8. The Morgan fingerprint density at radius 1 is 1.28 bits per heavy atom. The third kappa shape index (κ3) is 3.81. The van der Waals surface area contributed by atoms with Gasteiger partial charge in [-0.2, -0.15) is 0 Å². The van der Waals surface area contributed by atoms with E-state index in [4.69, 9.17) is 0 Å². The molecule has 0 bridgehead atoms. The number of rotatable bonds is 6. The Hall–Kier alpha value is -2.83. The summed E-state index contributed by atoms with van der Waals surface area (Å²) in [6.45, 7) is 4.23. The molecule has 2 rings (SSSR count). The van der Waals surface area contributed by atoms with E-state index in [2.05, 4.69) is 10.3 Å². The maximum atomic E-state index is 12.8. The van der Waals surface area contributed by atoms with Crippen LogP contribution in [0.4, 0.5) is 0 Å². The van der Waals surface area contributed by atoms with Gasteiger partial charge in [-0.1, -0.05) is 18.2 Å². The number of carbonyl (C=O) groups excluding carboxylic acids is 2. The van der Waals surface area contributed by atoms with E-state index in [9.17, 15) is 19.5 Å². The van der Waals surface area contributed by atoms with Crippen molar-refractivity contribution < 1.29 is 19.5 Å². The molecule has 3 N–H and O–H groups in total. The molecule has 1 heterocycles. The third-order valence-electron chi connectivity index (χ3n) is 4.47. The fraction of sp³-hybridized carbons (Fsp3) is 0.389. The molecule has 0 aliphatic carbocycles. The van der Waals surface area contributed by atoms with Gasteiger partial charge in [0.2, 0.25) is 11.8 Å². The van der Waals surface area contributed by atoms with Crippen LogP contribution in [0.2, 0.25) is 0 Å². The number of benzene rings is 1. The molecular formula is C18H23N3O4. The largest absolute Gasteiger partial charge is 0.480 e. The van der Waals surface area contributed by atoms with Crippen LogP contribution in [0, 0.1) is 0 Å². The van der Waals surface area contributed by atoms with Crippen LogP contribution in [0.5, 0.6) is 0 Å². The Morgan fingerprint density at radius 2 is 1.92 bits per heavy atom. The van der Waals surface area contributed by atoms with Crippen LogP contribution in [-0.2, 0) is 20.8 Å². The molecule has 7 heteroatoms. The number of amides is 2. The lowest BCUT2D eigenvalue weighted by Gasteiger charge is -2.34. The zero-order valence-electron chi connectivity index (χ0n) is 14.8. The number of aromatic amines is 1. The van der Waals surface area contributed by atoms with Crippen molar-refractivity contribution in [3.63, 3.8) is 0 Å². The van der Waals surface area contributed by atoms with Crippen molar-refractivity contribution in [2.45, 2.75) is 38.8 Å². The maximum absolute atomic E-state index is 12.8. The second kappa shape index (κ2) is 6.96. The van der Waals surface area contributed by atoms with E-state index < -0.39 is 23.5 Å². The fourth-order valence-corrected chi connectivity index (χ4v) is 2.62. The van der Waals surface area contributed by atoms with Gasteiger partial charge in [0.1, 0.15) is 11.6 Å². The molecule has 1 aromatic carbocycles. The minimum Gasteiger partial charge on any atom is -0.480 e. The van der Waals surface area contributed by atoms with E-state index >= 15 is 0 Å². The molecule has 0 aliphatic rings. The van der Waals surface area contributed by atoms with E-state index in [1.165, 1.54) is 27.8 Å². The number of fused-ring (bicyclic) bond motifs is 1. The lowest BCUT2D eigenvalue weighted by Crippen LogP contribution is -2.57. The van der Waals surface area contributed by atoms with Gasteiger partial charge in [0.15, 0.2) is 0 Å². The number of para-hydroxylation sites is 1. The van der Waals surface area contributed by atoms with Crippen molar-refractivity contribution in [2.24, 2.45) is 0 Å². The Morgan fingerprint density at radius 3 is 2.52 bits per heavy atom. The standard InChI is InChI=1S/C18H23N3O4/c1-11(22)20-15(16(23)21(4)18(2,3)17(24)25)9-12-10-19-14-8-6-5-7-13(12)14/h5-8,10,15,19H,9H2,1-4H3,(H,20,22)(H,24,25)/t15-/m1/s1. The lowest BCUT2D eigenvalue weighted by atomic mass is 9.99. The number of hydrogen-bond donors (Lipinski definition) is 3. The van der Waals surface area contributed by atoms with Crippen molar-refractivity contribution in [3.05, 3.63) is 36.0 Å². The summed E-state index contributed by atoms with van der Waals surface area (Å²) in [5.41, 5.74) is 0.434. The monoisotopic (exact) mass is 345 g/mol. The molecule has 0 aliphatic heterocycles. The summed E-state index contributed by atoms with van der Waals surface area (Å²) in [7, 11) is 1.43. The van der Waals surface area contributed by atoms with Crippen LogP contribution in [-0.4, -0.2) is 51.4 Å². The van der Waals surface area contributed by atoms with Crippen LogP contribution < -0.4 is 5.32 Å². The summed E-state index contributed by atoms with van der Waals surface area (Å²) < 4.78 is 0. The van der Waals surface area contributed by atoms with Crippen molar-refractivity contribution in [2.75, 3.05) is 7.05 Å². The van der Waals surface area contributed by atoms with Crippen LogP contribution in [0.15, 0.2) is 30.5 Å². The van der Waals surface area contributed by atoms with Gasteiger partial charge in [0.05, 0.1) is 0 Å². The quantitative estimate of drug-likeness (QED) is 0.739. The summed E-state index contributed by atoms with van der Waals surface area (Å²) in [5.74, 6) is -1.91. The molecule has 134 valence electrons. The second-order valence-corrected chi connectivity index (χ2v) is 6.58. The zero-order chi connectivity index (χ0) is 18.8. The number of hydrogen-bond acceptors (Lipinski definition) is 3. The highest BCUT2D eigenvalue weighted by Crippen LogP contribution is 2.21. The van der Waals surface area contributed by atoms with Crippen LogP contribution in [0.1, 0.15) is 26.3 Å². The predicted molar refractivity (Wildman–Crippen MR) is 94.1 cm³/mol. The van der Waals surface area contributed by atoms with Crippen molar-refractivity contribution in [1.29, 1.82) is 0 Å². The molecule has 0 radical (unpaired) electrons. The van der Waals surface area contributed by atoms with Gasteiger partial charge in [-0.25, -0.2) is 4.79 Å². The van der Waals surface area contributed by atoms with Gasteiger partial charge in [-0.15, -0.1) is 0 Å². The van der Waals surface area contributed by atoms with Crippen molar-refractivity contribution >= 4 is 28.7 Å². The Labute approximate surface area is 146 Å². The maximum Gasteiger partial charge on any atom is 0.329 e. The third-order valence-corrected chi connectivity index (χ3v) is 4.47. The molecule has 25 heavy (non-hydrogen) atoms. The first kappa shape index (κ1) is 18.5. The number of aliphatic carboxylic acids is 1. The summed E-state index contributed by atoms with van der Waals surface area (Å²) >= 11 is 0. The number of carbonyl (C=O) groups is 3. The Kier molecular flexibility index (Phi) is 5.15. The Bertz CT molecular complexity index is 810. The fourth-order valence-electron chi connectivity index (χ4n) is 2.62. The lowest BCUT2D eigenvalue weighted by molar-refractivity contribution is -0.156. The van der Waals surface area contributed by atoms with Gasteiger partial charge in [0.25, 0.3) is 0 Å². The van der Waals surface area contributed by atoms with E-state index in [-0.39, 0.29) is 12.3 Å². The minimum absolute atomic E-state index is 0.266. The summed E-state index contributed by atoms with van der Waals surface area (Å²) in [6.07, 6.45) is 2.07. The van der Waals surface area contributed by atoms with Gasteiger partial charge < -0.3 is 20.3 Å². The average molecular weight is 345 g/mol. The molecule has 0 spiro atoms. The van der Waals surface area contributed by atoms with Crippen LogP contribution in [0.25, 0.3) is 10.9 Å². The SMILES string of the molecule is CC(=O)N[C@H](Cc1c[nH]c2ccccc12)C(=O)N(C)C(C)(C)C(=O)O. The first-order valence-corrected chi connectivity index (χ1v) is 7.97. The molecule has 2 amide bonds. The molecule has 7 nitrogen and oxygen atoms in total. The van der Waals surface area contributed by atoms with E-state index in [0.29, 0.717) is 0 Å². The number of H-pyrrole nitrogens is 1. The molecule has 0 saturated heterocycles. The minimum atomic E-state index is -1.38. The first-order chi connectivity index (χ1) is 11.6. The highest BCUT2D eigenvalue weighted by Gasteiger charge is 2.38. The van der Waals surface area contributed by atoms with Crippen LogP contribution >= 0.6 is 0 Å². The molecule has 1 aromatic heterocycles. The normalized spacial score (nSPS) is 12.6. The molecule has 1 atom stereocenters. The van der Waals surface area contributed by atoms with Crippen molar-refractivity contribution in [3.8, 4) is 0 Å². The number of aromatic nitrogens is 1. The summed E-state index contributed by atoms with van der Waals surface area (Å²) in [5, 5.41) is 12.9. The highest BCUT2D eigenvalue weighted by atomic mass is 16.4. The molecule has 0 unspecified atom stereocenters. The topological polar surface area (TPSA) is 103 Å². The van der Waals surface area contributed by atoms with Crippen molar-refractivity contribution in [1.82, 2.24) is 15.2 Å². The van der Waals surface area contributed by atoms with Gasteiger partial charge in [-0.3, -0.25) is 9.59 Å². The number of carboxylic acids is 1. The molecule has 0 fully saturated rings. The van der Waals surface area contributed by atoms with E-state index in [0.717, 1.165) is 21.4 Å². The van der Waals surface area contributed by atoms with Gasteiger partial charge in [0, 0.05) is 37.5 Å². The molecular weight excluding hydrogens is 322 g/mol. The van der Waals surface area contributed by atoms with Gasteiger partial charge in [-0.05, 0) is 25.5 Å². The van der Waals surface area contributed by atoms with E-state index in [1.54, 1.807) is 6.20 Å². The summed E-state index contributed by atoms with van der Waals surface area (Å²) in [6, 6.07) is 6.81. The number of nitrogens with one attached hydrogen (secondary N) is 2. The first-order valence-electron chi connectivity index (χ1n) is 7.97. The number of carboxylic acid groups (broad SMARTS) is 1. The summed E-state index contributed by atoms with van der Waals surface area (Å²) in [4.78, 5) is 40.1. The second-order valence-electron chi connectivity index (χ2n) is 6.58. The van der Waals surface area contributed by atoms with Gasteiger partial charge >= 0.3 is 5.97 Å². The number of likely N-dealkylation sites (N-methyl/N-ethyl adjacent to an activating group) is 1. The highest BCUT2D eigenvalue weighted by molar-refractivity contribution is 5.92. The Balaban J connectivity index is 2.31. The molecule has 0 saturated carbocycles. The van der Waals surface area contributed by atoms with E-state index in [1.807, 2.05) is 24.3 Å². The average Bonchev–Trinajstić information content (AvgIpc) is 2.95.